The van der Waals surface area contributed by atoms with Crippen molar-refractivity contribution in [1.82, 2.24) is 15.3 Å². The van der Waals surface area contributed by atoms with E-state index in [0.717, 1.165) is 12.1 Å². The summed E-state index contributed by atoms with van der Waals surface area (Å²) in [6.45, 7) is 0. The van der Waals surface area contributed by atoms with Crippen LogP contribution >= 0.6 is 0 Å². The van der Waals surface area contributed by atoms with E-state index in [1.54, 1.807) is 0 Å². The molecule has 5 N–H and O–H groups in total. The van der Waals surface area contributed by atoms with Crippen molar-refractivity contribution in [2.24, 2.45) is 0 Å². The fourth-order valence-electron chi connectivity index (χ4n) is 2.37. The van der Waals surface area contributed by atoms with Crippen molar-refractivity contribution in [2.45, 2.75) is 25.1 Å². The van der Waals surface area contributed by atoms with Crippen molar-refractivity contribution >= 4 is 29.0 Å². The number of anilines is 4. The highest BCUT2D eigenvalue weighted by Gasteiger charge is 2.38. The summed E-state index contributed by atoms with van der Waals surface area (Å²) < 4.78 is 39.0. The number of nitrogen functional groups attached to an aromatic ring is 1. The molecule has 2 heterocycles. The lowest BCUT2D eigenvalue weighted by Crippen LogP contribution is -2.21. The Morgan fingerprint density at radius 2 is 2.04 bits per heavy atom. The second kappa shape index (κ2) is 7.06. The first-order valence-electron chi connectivity index (χ1n) is 7.82. The molecule has 138 valence electrons. The molecule has 0 radical (unpaired) electrons. The van der Waals surface area contributed by atoms with Crippen molar-refractivity contribution in [3.8, 4) is 0 Å². The van der Waals surface area contributed by atoms with Gasteiger partial charge >= 0.3 is 0 Å². The van der Waals surface area contributed by atoms with E-state index in [0.29, 0.717) is 12.1 Å². The standard InChI is InChI=1S/C16H17F3N6O/c1-21-16(26)8-6-22-13(5-10(8)23-11-4-9(11)17)25-14-3-7(15(18)19)2-12(20)24-14/h2-3,5-6,9,11,15H,4H2,1H3,(H,21,26)(H4,20,22,23,24,25)/t9-,11+/m1/s1. The number of nitrogens with one attached hydrogen (secondary N) is 3. The van der Waals surface area contributed by atoms with Crippen molar-refractivity contribution < 1.29 is 18.0 Å². The monoisotopic (exact) mass is 366 g/mol. The topological polar surface area (TPSA) is 105 Å². The highest BCUT2D eigenvalue weighted by atomic mass is 19.3. The quantitative estimate of drug-likeness (QED) is 0.626. The SMILES string of the molecule is CNC(=O)c1cnc(Nc2cc(C(F)F)cc(N)n2)cc1N[C@H]1C[C@H]1F. The predicted octanol–water partition coefficient (Wildman–Crippen LogP) is 2.62. The van der Waals surface area contributed by atoms with E-state index < -0.39 is 12.6 Å². The molecule has 0 spiro atoms. The van der Waals surface area contributed by atoms with Crippen LogP contribution in [-0.2, 0) is 0 Å². The minimum atomic E-state index is -2.70. The van der Waals surface area contributed by atoms with Gasteiger partial charge in [0.2, 0.25) is 0 Å². The van der Waals surface area contributed by atoms with Gasteiger partial charge in [0, 0.05) is 31.3 Å². The Morgan fingerprint density at radius 3 is 2.65 bits per heavy atom. The Bertz CT molecular complexity index is 832. The normalized spacial score (nSPS) is 18.5. The van der Waals surface area contributed by atoms with Crippen LogP contribution in [0.15, 0.2) is 24.4 Å². The molecule has 1 amide bonds. The van der Waals surface area contributed by atoms with Crippen LogP contribution in [0.5, 0.6) is 0 Å². The Balaban J connectivity index is 1.88. The zero-order valence-corrected chi connectivity index (χ0v) is 13.8. The predicted molar refractivity (Wildman–Crippen MR) is 91.4 cm³/mol. The smallest absolute Gasteiger partial charge is 0.264 e. The van der Waals surface area contributed by atoms with E-state index in [9.17, 15) is 18.0 Å². The number of nitrogens with two attached hydrogens (primary N) is 1. The second-order valence-corrected chi connectivity index (χ2v) is 5.83. The molecule has 0 aliphatic heterocycles. The molecular weight excluding hydrogens is 349 g/mol. The molecule has 3 rings (SSSR count). The minimum Gasteiger partial charge on any atom is -0.384 e. The highest BCUT2D eigenvalue weighted by Crippen LogP contribution is 2.32. The van der Waals surface area contributed by atoms with E-state index in [-0.39, 0.29) is 40.5 Å². The average molecular weight is 366 g/mol. The number of hydrogen-bond acceptors (Lipinski definition) is 6. The number of carbonyl (C=O) groups excluding carboxylic acids is 1. The second-order valence-electron chi connectivity index (χ2n) is 5.83. The summed E-state index contributed by atoms with van der Waals surface area (Å²) in [5.41, 5.74) is 5.88. The number of nitrogens with zero attached hydrogens (tertiary/aromatic N) is 2. The molecule has 2 atom stereocenters. The number of halogens is 3. The maximum absolute atomic E-state index is 13.2. The number of aromatic nitrogens is 2. The molecule has 1 aliphatic carbocycles. The Labute approximate surface area is 147 Å². The van der Waals surface area contributed by atoms with E-state index in [1.807, 2.05) is 0 Å². The minimum absolute atomic E-state index is 0.0659. The van der Waals surface area contributed by atoms with Gasteiger partial charge in [0.25, 0.3) is 12.3 Å². The van der Waals surface area contributed by atoms with Crippen molar-refractivity contribution in [2.75, 3.05) is 23.4 Å². The van der Waals surface area contributed by atoms with Gasteiger partial charge in [0.15, 0.2) is 0 Å². The van der Waals surface area contributed by atoms with Gasteiger partial charge in [0.1, 0.15) is 23.6 Å². The Hall–Kier alpha value is -3.04. The average Bonchev–Trinajstić information content (AvgIpc) is 3.28. The van der Waals surface area contributed by atoms with Gasteiger partial charge in [-0.15, -0.1) is 0 Å². The number of pyridine rings is 2. The number of rotatable bonds is 6. The number of hydrogen-bond donors (Lipinski definition) is 4. The third kappa shape index (κ3) is 3.95. The molecule has 7 nitrogen and oxygen atoms in total. The van der Waals surface area contributed by atoms with E-state index in [4.69, 9.17) is 5.73 Å². The summed E-state index contributed by atoms with van der Waals surface area (Å²) in [7, 11) is 1.47. The summed E-state index contributed by atoms with van der Waals surface area (Å²) in [6, 6.07) is 3.35. The lowest BCUT2D eigenvalue weighted by atomic mass is 10.2. The first kappa shape index (κ1) is 17.8. The fraction of sp³-hybridized carbons (Fsp3) is 0.312. The van der Waals surface area contributed by atoms with E-state index >= 15 is 0 Å². The maximum Gasteiger partial charge on any atom is 0.264 e. The Morgan fingerprint density at radius 1 is 1.31 bits per heavy atom. The molecule has 1 aliphatic rings. The van der Waals surface area contributed by atoms with Crippen molar-refractivity contribution in [3.05, 3.63) is 35.5 Å². The summed E-state index contributed by atoms with van der Waals surface area (Å²) in [6.07, 6.45) is -2.01. The lowest BCUT2D eigenvalue weighted by Gasteiger charge is -2.13. The van der Waals surface area contributed by atoms with E-state index in [1.165, 1.54) is 19.3 Å². The molecule has 1 fully saturated rings. The van der Waals surface area contributed by atoms with Crippen LogP contribution in [0.4, 0.5) is 36.3 Å². The van der Waals surface area contributed by atoms with Crippen LogP contribution in [0, 0.1) is 0 Å². The lowest BCUT2D eigenvalue weighted by molar-refractivity contribution is 0.0963. The van der Waals surface area contributed by atoms with Crippen molar-refractivity contribution in [1.29, 1.82) is 0 Å². The molecule has 0 unspecified atom stereocenters. The van der Waals surface area contributed by atoms with Crippen LogP contribution in [-0.4, -0.2) is 35.1 Å². The molecule has 26 heavy (non-hydrogen) atoms. The zero-order valence-electron chi connectivity index (χ0n) is 13.8. The molecule has 10 heteroatoms. The van der Waals surface area contributed by atoms with Crippen molar-refractivity contribution in [3.63, 3.8) is 0 Å². The van der Waals surface area contributed by atoms with E-state index in [2.05, 4.69) is 25.9 Å². The first-order valence-corrected chi connectivity index (χ1v) is 7.82. The third-order valence-corrected chi connectivity index (χ3v) is 3.80. The van der Waals surface area contributed by atoms with Crippen LogP contribution in [0.3, 0.4) is 0 Å². The van der Waals surface area contributed by atoms with Crippen LogP contribution in [0.25, 0.3) is 0 Å². The summed E-state index contributed by atoms with van der Waals surface area (Å²) in [5.74, 6) is -0.121. The van der Waals surface area contributed by atoms with Crippen LogP contribution in [0.2, 0.25) is 0 Å². The number of alkyl halides is 3. The molecule has 0 aromatic carbocycles. The molecule has 2 aromatic rings. The van der Waals surface area contributed by atoms with Gasteiger partial charge in [-0.05, 0) is 12.1 Å². The summed E-state index contributed by atoms with van der Waals surface area (Å²) >= 11 is 0. The fourth-order valence-corrected chi connectivity index (χ4v) is 2.37. The molecular formula is C16H17F3N6O. The summed E-state index contributed by atoms with van der Waals surface area (Å²) in [4.78, 5) is 19.9. The molecule has 0 bridgehead atoms. The van der Waals surface area contributed by atoms with Gasteiger partial charge in [-0.3, -0.25) is 4.79 Å². The van der Waals surface area contributed by atoms with Gasteiger partial charge in [-0.2, -0.15) is 0 Å². The third-order valence-electron chi connectivity index (χ3n) is 3.80. The first-order chi connectivity index (χ1) is 12.4. The Kier molecular flexibility index (Phi) is 4.83. The molecule has 2 aromatic heterocycles. The van der Waals surface area contributed by atoms with Crippen LogP contribution in [0.1, 0.15) is 28.8 Å². The van der Waals surface area contributed by atoms with Gasteiger partial charge in [-0.1, -0.05) is 0 Å². The van der Waals surface area contributed by atoms with Crippen LogP contribution < -0.4 is 21.7 Å². The number of amides is 1. The molecule has 1 saturated carbocycles. The zero-order chi connectivity index (χ0) is 18.8. The number of carbonyl (C=O) groups is 1. The molecule has 0 saturated heterocycles. The van der Waals surface area contributed by atoms with Gasteiger partial charge in [0.05, 0.1) is 17.3 Å². The highest BCUT2D eigenvalue weighted by molar-refractivity contribution is 5.99. The maximum atomic E-state index is 13.2. The van der Waals surface area contributed by atoms with Gasteiger partial charge < -0.3 is 21.7 Å². The van der Waals surface area contributed by atoms with Gasteiger partial charge in [-0.25, -0.2) is 23.1 Å². The summed E-state index contributed by atoms with van der Waals surface area (Å²) in [5, 5.41) is 8.18. The largest absolute Gasteiger partial charge is 0.384 e.